The fourth-order valence-electron chi connectivity index (χ4n) is 2.19. The van der Waals surface area contributed by atoms with Gasteiger partial charge in [-0.3, -0.25) is 0 Å². The molecule has 2 amide bonds. The lowest BCUT2D eigenvalue weighted by Crippen LogP contribution is -2.36. The lowest BCUT2D eigenvalue weighted by molar-refractivity contribution is 0.0928. The summed E-state index contributed by atoms with van der Waals surface area (Å²) in [5.74, 6) is 0.497. The lowest BCUT2D eigenvalue weighted by atomic mass is 9.89. The Morgan fingerprint density at radius 3 is 2.92 bits per heavy atom. The molecule has 12 heavy (non-hydrogen) atoms. The molecule has 0 unspecified atom stereocenters. The highest BCUT2D eigenvalue weighted by Gasteiger charge is 2.40. The van der Waals surface area contributed by atoms with E-state index < -0.39 is 6.03 Å². The maximum absolute atomic E-state index is 10.4. The molecule has 2 fully saturated rings. The third kappa shape index (κ3) is 1.39. The molecule has 4 nitrogen and oxygen atoms in total. The summed E-state index contributed by atoms with van der Waals surface area (Å²) in [6.07, 6.45) is 4.26. The number of carbonyl (C=O) groups excluding carboxylic acids is 1. The Morgan fingerprint density at radius 1 is 1.58 bits per heavy atom. The van der Waals surface area contributed by atoms with Gasteiger partial charge in [-0.2, -0.15) is 0 Å². The summed E-state index contributed by atoms with van der Waals surface area (Å²) in [7, 11) is 0. The minimum atomic E-state index is -0.433. The van der Waals surface area contributed by atoms with Gasteiger partial charge in [-0.25, -0.2) is 4.79 Å². The Labute approximate surface area is 71.4 Å². The Bertz CT molecular complexity index is 195. The number of nitrogens with one attached hydrogen (secondary N) is 1. The number of hydrogen-bond acceptors (Lipinski definition) is 2. The Hall–Kier alpha value is -0.770. The van der Waals surface area contributed by atoms with Gasteiger partial charge in [-0.1, -0.05) is 0 Å². The first-order valence-electron chi connectivity index (χ1n) is 4.44. The summed E-state index contributed by atoms with van der Waals surface area (Å²) < 4.78 is 5.63. The lowest BCUT2D eigenvalue weighted by Gasteiger charge is -2.17. The van der Waals surface area contributed by atoms with Crippen molar-refractivity contribution in [1.82, 2.24) is 5.32 Å². The van der Waals surface area contributed by atoms with Crippen LogP contribution in [-0.4, -0.2) is 24.8 Å². The molecule has 0 radical (unpaired) electrons. The molecular weight excluding hydrogens is 156 g/mol. The molecule has 2 heterocycles. The standard InChI is InChI=1S/C8H14N2O2/c9-8(11)10-4-5-3-6-1-2-7(5)12-6/h5-7H,1-4H2,(H3,9,10,11)/t5-,6-,7+/m0/s1. The highest BCUT2D eigenvalue weighted by molar-refractivity contribution is 5.71. The maximum atomic E-state index is 10.4. The number of fused-ring (bicyclic) bond motifs is 2. The number of primary amides is 1. The van der Waals surface area contributed by atoms with E-state index in [1.54, 1.807) is 0 Å². The molecule has 0 spiro atoms. The van der Waals surface area contributed by atoms with Crippen molar-refractivity contribution < 1.29 is 9.53 Å². The van der Waals surface area contributed by atoms with E-state index in [1.165, 1.54) is 6.42 Å². The second-order valence-corrected chi connectivity index (χ2v) is 3.61. The van der Waals surface area contributed by atoms with Gasteiger partial charge in [0.2, 0.25) is 0 Å². The van der Waals surface area contributed by atoms with Gasteiger partial charge in [0, 0.05) is 12.5 Å². The number of hydrogen-bond donors (Lipinski definition) is 2. The van der Waals surface area contributed by atoms with Crippen molar-refractivity contribution >= 4 is 6.03 Å². The van der Waals surface area contributed by atoms with Crippen LogP contribution in [0.1, 0.15) is 19.3 Å². The van der Waals surface area contributed by atoms with Crippen molar-refractivity contribution in [2.45, 2.75) is 31.5 Å². The molecule has 2 aliphatic heterocycles. The van der Waals surface area contributed by atoms with Crippen LogP contribution >= 0.6 is 0 Å². The molecule has 2 saturated heterocycles. The molecule has 2 aliphatic rings. The Balaban J connectivity index is 1.79. The zero-order chi connectivity index (χ0) is 8.55. The summed E-state index contributed by atoms with van der Waals surface area (Å²) in [5.41, 5.74) is 4.98. The molecule has 68 valence electrons. The van der Waals surface area contributed by atoms with Gasteiger partial charge in [-0.05, 0) is 19.3 Å². The third-order valence-electron chi connectivity index (χ3n) is 2.77. The number of urea groups is 1. The minimum Gasteiger partial charge on any atom is -0.375 e. The Kier molecular flexibility index (Phi) is 1.92. The number of ether oxygens (including phenoxy) is 1. The van der Waals surface area contributed by atoms with E-state index in [9.17, 15) is 4.79 Å². The summed E-state index contributed by atoms with van der Waals surface area (Å²) in [5, 5.41) is 2.63. The van der Waals surface area contributed by atoms with Crippen molar-refractivity contribution in [3.8, 4) is 0 Å². The second-order valence-electron chi connectivity index (χ2n) is 3.61. The van der Waals surface area contributed by atoms with Crippen molar-refractivity contribution in [2.75, 3.05) is 6.54 Å². The number of rotatable bonds is 2. The molecule has 0 aromatic carbocycles. The van der Waals surface area contributed by atoms with E-state index in [1.807, 2.05) is 0 Å². The molecule has 0 aromatic rings. The van der Waals surface area contributed by atoms with Gasteiger partial charge in [-0.15, -0.1) is 0 Å². The highest BCUT2D eigenvalue weighted by Crippen LogP contribution is 2.38. The van der Waals surface area contributed by atoms with Crippen LogP contribution < -0.4 is 11.1 Å². The predicted molar refractivity (Wildman–Crippen MR) is 43.6 cm³/mol. The smallest absolute Gasteiger partial charge is 0.312 e. The first kappa shape index (κ1) is 7.86. The number of nitrogens with two attached hydrogens (primary N) is 1. The topological polar surface area (TPSA) is 64.4 Å². The molecule has 0 aromatic heterocycles. The van der Waals surface area contributed by atoms with E-state index >= 15 is 0 Å². The van der Waals surface area contributed by atoms with Crippen molar-refractivity contribution in [3.05, 3.63) is 0 Å². The largest absolute Gasteiger partial charge is 0.375 e. The SMILES string of the molecule is NC(=O)NC[C@@H]1C[C@@H]2CC[C@H]1O2. The van der Waals surface area contributed by atoms with E-state index in [4.69, 9.17) is 10.5 Å². The van der Waals surface area contributed by atoms with E-state index in [-0.39, 0.29) is 0 Å². The molecule has 3 N–H and O–H groups in total. The van der Waals surface area contributed by atoms with Gasteiger partial charge >= 0.3 is 6.03 Å². The number of carbonyl (C=O) groups is 1. The van der Waals surface area contributed by atoms with Crippen molar-refractivity contribution in [3.63, 3.8) is 0 Å². The second kappa shape index (κ2) is 2.94. The number of amides is 2. The van der Waals surface area contributed by atoms with Gasteiger partial charge < -0.3 is 15.8 Å². The van der Waals surface area contributed by atoms with Crippen LogP contribution in [0.3, 0.4) is 0 Å². The third-order valence-corrected chi connectivity index (χ3v) is 2.77. The molecule has 0 aliphatic carbocycles. The normalized spacial score (nSPS) is 38.5. The van der Waals surface area contributed by atoms with Crippen molar-refractivity contribution in [2.24, 2.45) is 11.7 Å². The first-order valence-corrected chi connectivity index (χ1v) is 4.44. The zero-order valence-corrected chi connectivity index (χ0v) is 6.95. The van der Waals surface area contributed by atoms with Crippen LogP contribution in [0.25, 0.3) is 0 Å². The minimum absolute atomic E-state index is 0.377. The summed E-state index contributed by atoms with van der Waals surface area (Å²) >= 11 is 0. The maximum Gasteiger partial charge on any atom is 0.312 e. The van der Waals surface area contributed by atoms with Crippen LogP contribution in [0.2, 0.25) is 0 Å². The highest BCUT2D eigenvalue weighted by atomic mass is 16.5. The summed E-state index contributed by atoms with van der Waals surface area (Å²) in [6.45, 7) is 0.677. The fourth-order valence-corrected chi connectivity index (χ4v) is 2.19. The average molecular weight is 170 g/mol. The van der Waals surface area contributed by atoms with Gasteiger partial charge in [0.15, 0.2) is 0 Å². The van der Waals surface area contributed by atoms with Crippen LogP contribution in [0.5, 0.6) is 0 Å². The van der Waals surface area contributed by atoms with Crippen LogP contribution in [0.4, 0.5) is 4.79 Å². The molecule has 0 saturated carbocycles. The van der Waals surface area contributed by atoms with E-state index in [0.717, 1.165) is 12.8 Å². The summed E-state index contributed by atoms with van der Waals surface area (Å²) in [4.78, 5) is 10.4. The van der Waals surface area contributed by atoms with Gasteiger partial charge in [0.25, 0.3) is 0 Å². The average Bonchev–Trinajstić information content (AvgIpc) is 2.60. The molecular formula is C8H14N2O2. The molecule has 2 rings (SSSR count). The van der Waals surface area contributed by atoms with Crippen LogP contribution in [0.15, 0.2) is 0 Å². The summed E-state index contributed by atoms with van der Waals surface area (Å²) in [6, 6.07) is -0.433. The quantitative estimate of drug-likeness (QED) is 0.622. The molecule has 4 heteroatoms. The monoisotopic (exact) mass is 170 g/mol. The molecule has 2 bridgehead atoms. The van der Waals surface area contributed by atoms with Crippen LogP contribution in [0, 0.1) is 5.92 Å². The zero-order valence-electron chi connectivity index (χ0n) is 6.95. The van der Waals surface area contributed by atoms with E-state index in [2.05, 4.69) is 5.32 Å². The van der Waals surface area contributed by atoms with Gasteiger partial charge in [0.1, 0.15) is 0 Å². The molecule has 3 atom stereocenters. The van der Waals surface area contributed by atoms with Crippen LogP contribution in [-0.2, 0) is 4.74 Å². The Morgan fingerprint density at radius 2 is 2.42 bits per heavy atom. The van der Waals surface area contributed by atoms with Crippen molar-refractivity contribution in [1.29, 1.82) is 0 Å². The first-order chi connectivity index (χ1) is 5.75. The van der Waals surface area contributed by atoms with Gasteiger partial charge in [0.05, 0.1) is 12.2 Å². The fraction of sp³-hybridized carbons (Fsp3) is 0.875. The predicted octanol–water partition coefficient (Wildman–Crippen LogP) is 0.222. The van der Waals surface area contributed by atoms with E-state index in [0.29, 0.717) is 24.7 Å².